The second kappa shape index (κ2) is 16.1. The maximum Gasteiger partial charge on any atom is 0.321 e. The van der Waals surface area contributed by atoms with Crippen LogP contribution in [0.15, 0.2) is 103 Å². The maximum atomic E-state index is 14.2. The average molecular weight is 664 g/mol. The van der Waals surface area contributed by atoms with Crippen molar-refractivity contribution in [2.24, 2.45) is 11.1 Å². The predicted molar refractivity (Wildman–Crippen MR) is 193 cm³/mol. The van der Waals surface area contributed by atoms with Gasteiger partial charge < -0.3 is 30.7 Å². The molecule has 1 fully saturated rings. The first-order chi connectivity index (χ1) is 23.5. The molecule has 0 bridgehead atoms. The Bertz CT molecular complexity index is 1660. The Hall–Kier alpha value is -4.73. The molecule has 1 aliphatic rings. The summed E-state index contributed by atoms with van der Waals surface area (Å²) in [5.41, 5.74) is 10.9. The molecule has 258 valence electrons. The molecule has 1 saturated heterocycles. The highest BCUT2D eigenvalue weighted by molar-refractivity contribution is 5.89. The molecule has 1 aromatic heterocycles. The van der Waals surface area contributed by atoms with Crippen molar-refractivity contribution >= 4 is 11.9 Å². The van der Waals surface area contributed by atoms with E-state index in [2.05, 4.69) is 10.3 Å². The van der Waals surface area contributed by atoms with Crippen LogP contribution in [0.3, 0.4) is 0 Å². The first-order valence-electron chi connectivity index (χ1n) is 17.0. The number of aliphatic hydroxyl groups excluding tert-OH is 1. The van der Waals surface area contributed by atoms with E-state index < -0.39 is 23.6 Å². The number of aliphatic hydroxyl groups is 1. The van der Waals surface area contributed by atoms with E-state index in [1.807, 2.05) is 124 Å². The lowest BCUT2D eigenvalue weighted by atomic mass is 9.84. The van der Waals surface area contributed by atoms with E-state index in [9.17, 15) is 14.7 Å². The summed E-state index contributed by atoms with van der Waals surface area (Å²) in [4.78, 5) is 35.8. The molecule has 0 spiro atoms. The fraction of sp³-hybridized carbons (Fsp3) is 0.375. The number of nitrogens with one attached hydrogen (secondary N) is 1. The van der Waals surface area contributed by atoms with E-state index in [4.69, 9.17) is 10.5 Å². The molecular formula is C40H49N5O4. The predicted octanol–water partition coefficient (Wildman–Crippen LogP) is 5.46. The molecule has 9 heteroatoms. The third kappa shape index (κ3) is 9.46. The van der Waals surface area contributed by atoms with Crippen LogP contribution in [0.1, 0.15) is 43.9 Å². The molecule has 3 amide bonds. The summed E-state index contributed by atoms with van der Waals surface area (Å²) in [6.45, 7) is 7.39. The molecule has 2 heterocycles. The molecule has 0 aliphatic carbocycles. The lowest BCUT2D eigenvalue weighted by molar-refractivity contribution is -0.130. The van der Waals surface area contributed by atoms with Crippen LogP contribution in [-0.4, -0.2) is 76.3 Å². The summed E-state index contributed by atoms with van der Waals surface area (Å²) >= 11 is 0. The molecule has 4 N–H and O–H groups in total. The highest BCUT2D eigenvalue weighted by Crippen LogP contribution is 2.29. The Balaban J connectivity index is 1.27. The van der Waals surface area contributed by atoms with E-state index in [-0.39, 0.29) is 24.4 Å². The second-order valence-electron chi connectivity index (χ2n) is 14.0. The second-order valence-corrected chi connectivity index (χ2v) is 14.0. The van der Waals surface area contributed by atoms with Gasteiger partial charge >= 0.3 is 6.03 Å². The van der Waals surface area contributed by atoms with Crippen LogP contribution in [0.25, 0.3) is 11.3 Å². The van der Waals surface area contributed by atoms with Crippen molar-refractivity contribution in [2.45, 2.75) is 70.8 Å². The average Bonchev–Trinajstić information content (AvgIpc) is 3.43. The largest absolute Gasteiger partial charge is 0.481 e. The number of benzene rings is 3. The molecule has 49 heavy (non-hydrogen) atoms. The third-order valence-electron chi connectivity index (χ3n) is 9.04. The zero-order valence-corrected chi connectivity index (χ0v) is 29.0. The molecular weight excluding hydrogens is 614 g/mol. The van der Waals surface area contributed by atoms with Crippen LogP contribution < -0.4 is 15.8 Å². The zero-order chi connectivity index (χ0) is 35.0. The number of pyridine rings is 1. The first-order valence-corrected chi connectivity index (χ1v) is 17.0. The minimum atomic E-state index is -0.913. The van der Waals surface area contributed by atoms with E-state index in [1.54, 1.807) is 16.9 Å². The number of hydrogen-bond acceptors (Lipinski definition) is 6. The van der Waals surface area contributed by atoms with Gasteiger partial charge in [-0.15, -0.1) is 0 Å². The molecule has 1 aliphatic heterocycles. The molecule has 5 rings (SSSR count). The molecule has 4 aromatic rings. The lowest BCUT2D eigenvalue weighted by Crippen LogP contribution is -2.58. The number of aromatic nitrogens is 1. The Morgan fingerprint density at radius 2 is 1.51 bits per heavy atom. The number of amides is 3. The maximum absolute atomic E-state index is 14.2. The lowest BCUT2D eigenvalue weighted by Gasteiger charge is -2.38. The van der Waals surface area contributed by atoms with Gasteiger partial charge in [-0.25, -0.2) is 9.78 Å². The van der Waals surface area contributed by atoms with Gasteiger partial charge in [-0.1, -0.05) is 112 Å². The summed E-state index contributed by atoms with van der Waals surface area (Å²) in [6, 6.07) is 31.5. The van der Waals surface area contributed by atoms with Crippen LogP contribution in [-0.2, 0) is 24.2 Å². The number of hydrogen-bond donors (Lipinski definition) is 3. The smallest absolute Gasteiger partial charge is 0.321 e. The number of methoxy groups -OCH3 is 1. The van der Waals surface area contributed by atoms with Gasteiger partial charge in [-0.05, 0) is 47.4 Å². The number of rotatable bonds is 14. The summed E-state index contributed by atoms with van der Waals surface area (Å²) in [6.07, 6.45) is 0.348. The minimum absolute atomic E-state index is 0.158. The Labute approximate surface area is 290 Å². The topological polar surface area (TPSA) is 121 Å². The van der Waals surface area contributed by atoms with Crippen molar-refractivity contribution in [1.29, 1.82) is 0 Å². The molecule has 3 aromatic carbocycles. The molecule has 0 saturated carbocycles. The zero-order valence-electron chi connectivity index (χ0n) is 29.0. The van der Waals surface area contributed by atoms with Crippen molar-refractivity contribution in [2.75, 3.05) is 20.2 Å². The number of nitrogens with two attached hydrogens (primary N) is 1. The highest BCUT2D eigenvalue weighted by Gasteiger charge is 2.44. The fourth-order valence-corrected chi connectivity index (χ4v) is 6.57. The van der Waals surface area contributed by atoms with Gasteiger partial charge in [0, 0.05) is 37.3 Å². The van der Waals surface area contributed by atoms with Crippen molar-refractivity contribution in [1.82, 2.24) is 20.1 Å². The van der Waals surface area contributed by atoms with Gasteiger partial charge in [-0.3, -0.25) is 4.79 Å². The monoisotopic (exact) mass is 663 g/mol. The van der Waals surface area contributed by atoms with Gasteiger partial charge in [0.25, 0.3) is 0 Å². The quantitative estimate of drug-likeness (QED) is 0.165. The molecule has 0 radical (unpaired) electrons. The van der Waals surface area contributed by atoms with E-state index in [0.717, 1.165) is 27.9 Å². The molecule has 9 nitrogen and oxygen atoms in total. The fourth-order valence-electron chi connectivity index (χ4n) is 6.57. The minimum Gasteiger partial charge on any atom is -0.481 e. The van der Waals surface area contributed by atoms with Crippen molar-refractivity contribution in [3.05, 3.63) is 120 Å². The van der Waals surface area contributed by atoms with Gasteiger partial charge in [0.1, 0.15) is 6.04 Å². The number of carbonyl (C=O) groups excluding carboxylic acids is 2. The van der Waals surface area contributed by atoms with Crippen LogP contribution in [0.5, 0.6) is 5.88 Å². The number of carbonyl (C=O) groups is 2. The van der Waals surface area contributed by atoms with Crippen molar-refractivity contribution < 1.29 is 19.4 Å². The van der Waals surface area contributed by atoms with E-state index in [0.29, 0.717) is 38.4 Å². The Morgan fingerprint density at radius 1 is 0.878 bits per heavy atom. The van der Waals surface area contributed by atoms with Crippen molar-refractivity contribution in [3.63, 3.8) is 0 Å². The SMILES string of the molecule is COc1cccc(-c2ccc(C[C@H](N)C[C@H](O)[C@H](Cc3ccccc3)NC(=O)[C@@H](N3CCN(Cc4ccccc4)C3=O)C(C)(C)C)cc2)n1. The summed E-state index contributed by atoms with van der Waals surface area (Å²) in [5, 5.41) is 14.8. The van der Waals surface area contributed by atoms with Crippen molar-refractivity contribution in [3.8, 4) is 17.1 Å². The summed E-state index contributed by atoms with van der Waals surface area (Å²) < 4.78 is 5.26. The number of urea groups is 1. The van der Waals surface area contributed by atoms with Crippen LogP contribution in [0, 0.1) is 5.41 Å². The van der Waals surface area contributed by atoms with E-state index in [1.165, 1.54) is 0 Å². The normalized spacial score (nSPS) is 15.8. The number of nitrogens with zero attached hydrogens (tertiary/aromatic N) is 3. The summed E-state index contributed by atoms with van der Waals surface area (Å²) in [7, 11) is 1.60. The number of ether oxygens (including phenoxy) is 1. The van der Waals surface area contributed by atoms with Gasteiger partial charge in [-0.2, -0.15) is 0 Å². The van der Waals surface area contributed by atoms with Gasteiger partial charge in [0.05, 0.1) is 24.9 Å². The van der Waals surface area contributed by atoms with Crippen LogP contribution in [0.4, 0.5) is 4.79 Å². The Morgan fingerprint density at radius 3 is 2.14 bits per heavy atom. The standard InChI is InChI=1S/C40H49N5O4/c1-40(2,3)37(45-23-22-44(39(45)48)27-30-14-9-6-10-15-30)38(47)43-34(25-28-12-7-5-8-13-28)35(46)26-32(41)24-29-18-20-31(21-19-29)33-16-11-17-36(42-33)49-4/h5-21,32,34-35,37,46H,22-27,41H2,1-4H3,(H,43,47)/t32-,34-,35-,37+/m0/s1. The Kier molecular flexibility index (Phi) is 11.7. The van der Waals surface area contributed by atoms with Gasteiger partial charge in [0.15, 0.2) is 0 Å². The van der Waals surface area contributed by atoms with Crippen LogP contribution >= 0.6 is 0 Å². The first kappa shape index (κ1) is 35.6. The molecule has 4 atom stereocenters. The third-order valence-corrected chi connectivity index (χ3v) is 9.04. The van der Waals surface area contributed by atoms with Crippen LogP contribution in [0.2, 0.25) is 0 Å². The summed E-state index contributed by atoms with van der Waals surface area (Å²) in [5.74, 6) is 0.276. The molecule has 0 unspecified atom stereocenters. The van der Waals surface area contributed by atoms with E-state index >= 15 is 0 Å². The van der Waals surface area contributed by atoms with Gasteiger partial charge in [0.2, 0.25) is 11.8 Å². The highest BCUT2D eigenvalue weighted by atomic mass is 16.5.